The van der Waals surface area contributed by atoms with Crippen LogP contribution < -0.4 is 5.73 Å². The molecule has 0 spiro atoms. The molecular weight excluding hydrogens is 198 g/mol. The number of benzene rings is 1. The second-order valence-electron chi connectivity index (χ2n) is 4.42. The standard InChI is InChI=1S/C14H19NO/c1-4-9(2)11-5-6-13-12(7-11)10(3)14(8-15)16-13/h5-7,9H,4,8,15H2,1-3H3. The van der Waals surface area contributed by atoms with Crippen LogP contribution in [0, 0.1) is 6.92 Å². The zero-order valence-corrected chi connectivity index (χ0v) is 10.2. The summed E-state index contributed by atoms with van der Waals surface area (Å²) < 4.78 is 5.69. The SMILES string of the molecule is CCC(C)c1ccc2oc(CN)c(C)c2c1. The van der Waals surface area contributed by atoms with Gasteiger partial charge in [0.15, 0.2) is 0 Å². The lowest BCUT2D eigenvalue weighted by molar-refractivity contribution is 0.548. The Morgan fingerprint density at radius 3 is 2.75 bits per heavy atom. The largest absolute Gasteiger partial charge is 0.459 e. The van der Waals surface area contributed by atoms with E-state index in [0.717, 1.165) is 17.8 Å². The summed E-state index contributed by atoms with van der Waals surface area (Å²) in [5, 5.41) is 1.21. The van der Waals surface area contributed by atoms with Crippen LogP contribution in [0.15, 0.2) is 22.6 Å². The molecule has 0 aliphatic heterocycles. The maximum absolute atomic E-state index is 5.69. The second kappa shape index (κ2) is 4.30. The van der Waals surface area contributed by atoms with Crippen molar-refractivity contribution in [3.63, 3.8) is 0 Å². The smallest absolute Gasteiger partial charge is 0.134 e. The van der Waals surface area contributed by atoms with E-state index in [1.807, 2.05) is 0 Å². The van der Waals surface area contributed by atoms with Crippen LogP contribution in [0.4, 0.5) is 0 Å². The van der Waals surface area contributed by atoms with Gasteiger partial charge < -0.3 is 10.2 Å². The molecule has 2 heteroatoms. The number of fused-ring (bicyclic) bond motifs is 1. The van der Waals surface area contributed by atoms with Crippen molar-refractivity contribution in [3.05, 3.63) is 35.1 Å². The van der Waals surface area contributed by atoms with Crippen molar-refractivity contribution >= 4 is 11.0 Å². The van der Waals surface area contributed by atoms with Gasteiger partial charge in [0.05, 0.1) is 6.54 Å². The first-order valence-electron chi connectivity index (χ1n) is 5.89. The lowest BCUT2D eigenvalue weighted by Gasteiger charge is -2.08. The van der Waals surface area contributed by atoms with E-state index in [-0.39, 0.29) is 0 Å². The molecular formula is C14H19NO. The first-order valence-corrected chi connectivity index (χ1v) is 5.89. The average molecular weight is 217 g/mol. The predicted molar refractivity (Wildman–Crippen MR) is 67.5 cm³/mol. The van der Waals surface area contributed by atoms with Gasteiger partial charge in [-0.05, 0) is 42.5 Å². The molecule has 1 unspecified atom stereocenters. The Labute approximate surface area is 96.4 Å². The summed E-state index contributed by atoms with van der Waals surface area (Å²) >= 11 is 0. The minimum atomic E-state index is 0.471. The average Bonchev–Trinajstić information content (AvgIpc) is 2.64. The molecule has 86 valence electrons. The van der Waals surface area contributed by atoms with Gasteiger partial charge in [-0.2, -0.15) is 0 Å². The van der Waals surface area contributed by atoms with Crippen molar-refractivity contribution in [3.8, 4) is 0 Å². The molecule has 0 saturated carbocycles. The molecule has 1 aromatic carbocycles. The summed E-state index contributed by atoms with van der Waals surface area (Å²) in [6.07, 6.45) is 1.16. The highest BCUT2D eigenvalue weighted by atomic mass is 16.3. The van der Waals surface area contributed by atoms with Crippen LogP contribution in [0.3, 0.4) is 0 Å². The minimum absolute atomic E-state index is 0.471. The minimum Gasteiger partial charge on any atom is -0.459 e. The Morgan fingerprint density at radius 1 is 1.38 bits per heavy atom. The molecule has 0 aliphatic carbocycles. The highest BCUT2D eigenvalue weighted by Crippen LogP contribution is 2.29. The Bertz CT molecular complexity index is 499. The first kappa shape index (κ1) is 11.2. The summed E-state index contributed by atoms with van der Waals surface area (Å²) in [4.78, 5) is 0. The molecule has 2 nitrogen and oxygen atoms in total. The van der Waals surface area contributed by atoms with Crippen LogP contribution in [-0.2, 0) is 6.54 Å². The van der Waals surface area contributed by atoms with Crippen molar-refractivity contribution in [2.45, 2.75) is 39.7 Å². The fourth-order valence-corrected chi connectivity index (χ4v) is 2.03. The summed E-state index contributed by atoms with van der Waals surface area (Å²) in [6, 6.07) is 6.45. The van der Waals surface area contributed by atoms with Crippen LogP contribution in [0.25, 0.3) is 11.0 Å². The molecule has 0 saturated heterocycles. The van der Waals surface area contributed by atoms with Gasteiger partial charge in [-0.25, -0.2) is 0 Å². The molecule has 2 aromatic rings. The number of nitrogens with two attached hydrogens (primary N) is 1. The fraction of sp³-hybridized carbons (Fsp3) is 0.429. The fourth-order valence-electron chi connectivity index (χ4n) is 2.03. The van der Waals surface area contributed by atoms with Crippen molar-refractivity contribution in [1.82, 2.24) is 0 Å². The van der Waals surface area contributed by atoms with E-state index in [9.17, 15) is 0 Å². The van der Waals surface area contributed by atoms with Gasteiger partial charge in [-0.3, -0.25) is 0 Å². The van der Waals surface area contributed by atoms with E-state index in [1.165, 1.54) is 16.5 Å². The van der Waals surface area contributed by atoms with Crippen LogP contribution in [0.2, 0.25) is 0 Å². The first-order chi connectivity index (χ1) is 7.67. The van der Waals surface area contributed by atoms with Gasteiger partial charge in [0, 0.05) is 5.39 Å². The molecule has 2 N–H and O–H groups in total. The topological polar surface area (TPSA) is 39.2 Å². The van der Waals surface area contributed by atoms with Crippen molar-refractivity contribution < 1.29 is 4.42 Å². The van der Waals surface area contributed by atoms with Crippen LogP contribution in [0.5, 0.6) is 0 Å². The molecule has 16 heavy (non-hydrogen) atoms. The van der Waals surface area contributed by atoms with Gasteiger partial charge in [0.2, 0.25) is 0 Å². The third kappa shape index (κ3) is 1.74. The molecule has 1 aromatic heterocycles. The molecule has 2 rings (SSSR count). The van der Waals surface area contributed by atoms with Gasteiger partial charge in [0.1, 0.15) is 11.3 Å². The third-order valence-electron chi connectivity index (χ3n) is 3.43. The monoisotopic (exact) mass is 217 g/mol. The van der Waals surface area contributed by atoms with E-state index in [1.54, 1.807) is 0 Å². The number of aryl methyl sites for hydroxylation is 1. The van der Waals surface area contributed by atoms with E-state index in [2.05, 4.69) is 39.0 Å². The van der Waals surface area contributed by atoms with Gasteiger partial charge >= 0.3 is 0 Å². The Hall–Kier alpha value is -1.28. The van der Waals surface area contributed by atoms with Crippen molar-refractivity contribution in [2.24, 2.45) is 5.73 Å². The summed E-state index contributed by atoms with van der Waals surface area (Å²) in [6.45, 7) is 7.01. The quantitative estimate of drug-likeness (QED) is 0.851. The molecule has 0 fully saturated rings. The van der Waals surface area contributed by atoms with E-state index in [4.69, 9.17) is 10.2 Å². The number of rotatable bonds is 3. The van der Waals surface area contributed by atoms with Gasteiger partial charge in [0.25, 0.3) is 0 Å². The van der Waals surface area contributed by atoms with Gasteiger partial charge in [-0.1, -0.05) is 19.9 Å². The Morgan fingerprint density at radius 2 is 2.12 bits per heavy atom. The summed E-state index contributed by atoms with van der Waals surface area (Å²) in [5.41, 5.74) is 9.15. The molecule has 0 amide bonds. The second-order valence-corrected chi connectivity index (χ2v) is 4.42. The normalized spacial score (nSPS) is 13.2. The molecule has 0 radical (unpaired) electrons. The maximum atomic E-state index is 5.69. The van der Waals surface area contributed by atoms with Crippen LogP contribution in [0.1, 0.15) is 43.1 Å². The third-order valence-corrected chi connectivity index (χ3v) is 3.43. The number of furan rings is 1. The summed E-state index contributed by atoms with van der Waals surface area (Å²) in [5.74, 6) is 1.50. The predicted octanol–water partition coefficient (Wildman–Crippen LogP) is 3.71. The van der Waals surface area contributed by atoms with Crippen LogP contribution >= 0.6 is 0 Å². The zero-order chi connectivity index (χ0) is 11.7. The van der Waals surface area contributed by atoms with E-state index in [0.29, 0.717) is 12.5 Å². The van der Waals surface area contributed by atoms with E-state index >= 15 is 0 Å². The highest BCUT2D eigenvalue weighted by molar-refractivity contribution is 5.82. The van der Waals surface area contributed by atoms with E-state index < -0.39 is 0 Å². The van der Waals surface area contributed by atoms with Crippen LogP contribution in [-0.4, -0.2) is 0 Å². The molecule has 0 aliphatic rings. The molecule has 1 atom stereocenters. The van der Waals surface area contributed by atoms with Crippen molar-refractivity contribution in [1.29, 1.82) is 0 Å². The number of hydrogen-bond acceptors (Lipinski definition) is 2. The Balaban J connectivity index is 2.56. The summed E-state index contributed by atoms with van der Waals surface area (Å²) in [7, 11) is 0. The molecule has 1 heterocycles. The zero-order valence-electron chi connectivity index (χ0n) is 10.2. The highest BCUT2D eigenvalue weighted by Gasteiger charge is 2.11. The maximum Gasteiger partial charge on any atom is 0.134 e. The van der Waals surface area contributed by atoms with Gasteiger partial charge in [-0.15, -0.1) is 0 Å². The number of hydrogen-bond donors (Lipinski definition) is 1. The van der Waals surface area contributed by atoms with Crippen molar-refractivity contribution in [2.75, 3.05) is 0 Å². The Kier molecular flexibility index (Phi) is 3.01. The lowest BCUT2D eigenvalue weighted by atomic mass is 9.97. The lowest BCUT2D eigenvalue weighted by Crippen LogP contribution is -1.95. The molecule has 0 bridgehead atoms.